The zero-order valence-corrected chi connectivity index (χ0v) is 13.5. The smallest absolute Gasteiger partial charge is 0.265 e. The highest BCUT2D eigenvalue weighted by Gasteiger charge is 2.50. The van der Waals surface area contributed by atoms with Crippen LogP contribution in [0.1, 0.15) is 22.3 Å². The van der Waals surface area contributed by atoms with Crippen molar-refractivity contribution in [3.05, 3.63) is 64.7 Å². The molecule has 0 saturated carbocycles. The average Bonchev–Trinajstić information content (AvgIpc) is 2.78. The first kappa shape index (κ1) is 16.3. The van der Waals surface area contributed by atoms with Crippen LogP contribution >= 0.6 is 11.6 Å². The largest absolute Gasteiger partial charge is 0.375 e. The molecule has 0 fully saturated rings. The second kappa shape index (κ2) is 6.12. The van der Waals surface area contributed by atoms with Crippen molar-refractivity contribution in [2.45, 2.75) is 12.0 Å². The summed E-state index contributed by atoms with van der Waals surface area (Å²) in [5.41, 5.74) is -0.600. The Morgan fingerprint density at radius 1 is 1.21 bits per heavy atom. The van der Waals surface area contributed by atoms with Crippen LogP contribution in [0.3, 0.4) is 0 Å². The van der Waals surface area contributed by atoms with Crippen LogP contribution in [0.25, 0.3) is 0 Å². The topological polar surface area (TPSA) is 57.6 Å². The van der Waals surface area contributed by atoms with Crippen molar-refractivity contribution >= 4 is 29.0 Å². The molecule has 0 saturated heterocycles. The molecule has 0 spiro atoms. The van der Waals surface area contributed by atoms with Crippen molar-refractivity contribution in [2.24, 2.45) is 0 Å². The molecule has 1 aliphatic rings. The molecular formula is C19H14ClNO3. The summed E-state index contributed by atoms with van der Waals surface area (Å²) < 4.78 is 0. The van der Waals surface area contributed by atoms with Crippen molar-refractivity contribution < 1.29 is 14.7 Å². The summed E-state index contributed by atoms with van der Waals surface area (Å²) in [6.07, 6.45) is 4.96. The summed E-state index contributed by atoms with van der Waals surface area (Å²) in [6.45, 7) is 0.0350. The van der Waals surface area contributed by atoms with Gasteiger partial charge in [-0.2, -0.15) is 0 Å². The Morgan fingerprint density at radius 2 is 1.88 bits per heavy atom. The Hall–Kier alpha value is -2.61. The number of benzene rings is 2. The summed E-state index contributed by atoms with van der Waals surface area (Å²) >= 11 is 5.82. The Kier molecular flexibility index (Phi) is 4.15. The maximum atomic E-state index is 12.7. The summed E-state index contributed by atoms with van der Waals surface area (Å²) in [7, 11) is 0. The Balaban J connectivity index is 1.97. The van der Waals surface area contributed by atoms with E-state index in [2.05, 4.69) is 5.92 Å². The van der Waals surface area contributed by atoms with Crippen molar-refractivity contribution in [1.29, 1.82) is 0 Å². The van der Waals surface area contributed by atoms with Crippen molar-refractivity contribution in [2.75, 3.05) is 11.4 Å². The minimum atomic E-state index is -1.91. The first-order chi connectivity index (χ1) is 11.5. The van der Waals surface area contributed by atoms with E-state index in [0.29, 0.717) is 21.8 Å². The van der Waals surface area contributed by atoms with Crippen LogP contribution in [0.5, 0.6) is 0 Å². The molecule has 0 bridgehead atoms. The van der Waals surface area contributed by atoms with E-state index >= 15 is 0 Å². The molecular weight excluding hydrogens is 326 g/mol. The lowest BCUT2D eigenvalue weighted by Gasteiger charge is -2.21. The van der Waals surface area contributed by atoms with E-state index in [-0.39, 0.29) is 18.7 Å². The molecule has 0 unspecified atom stereocenters. The van der Waals surface area contributed by atoms with Crippen LogP contribution in [0.2, 0.25) is 5.02 Å². The maximum Gasteiger partial charge on any atom is 0.265 e. The first-order valence-corrected chi connectivity index (χ1v) is 7.71. The average molecular weight is 340 g/mol. The molecule has 2 aromatic carbocycles. The number of terminal acetylenes is 1. The van der Waals surface area contributed by atoms with Gasteiger partial charge in [0.2, 0.25) is 0 Å². The number of fused-ring (bicyclic) bond motifs is 1. The molecule has 1 heterocycles. The van der Waals surface area contributed by atoms with Gasteiger partial charge in [-0.15, -0.1) is 6.42 Å². The number of nitrogens with zero attached hydrogens (tertiary/aromatic N) is 1. The van der Waals surface area contributed by atoms with Gasteiger partial charge in [0.25, 0.3) is 5.91 Å². The van der Waals surface area contributed by atoms with Gasteiger partial charge in [-0.05, 0) is 30.3 Å². The lowest BCUT2D eigenvalue weighted by atomic mass is 9.88. The zero-order valence-electron chi connectivity index (χ0n) is 12.7. The Labute approximate surface area is 144 Å². The van der Waals surface area contributed by atoms with Crippen LogP contribution in [0, 0.1) is 12.3 Å². The number of carbonyl (C=O) groups is 2. The molecule has 0 aliphatic carbocycles. The van der Waals surface area contributed by atoms with E-state index in [0.717, 1.165) is 0 Å². The fourth-order valence-electron chi connectivity index (χ4n) is 2.90. The number of amides is 1. The van der Waals surface area contributed by atoms with Gasteiger partial charge >= 0.3 is 0 Å². The predicted octanol–water partition coefficient (Wildman–Crippen LogP) is 2.78. The number of para-hydroxylation sites is 1. The zero-order chi connectivity index (χ0) is 17.3. The highest BCUT2D eigenvalue weighted by molar-refractivity contribution is 6.30. The van der Waals surface area contributed by atoms with Gasteiger partial charge in [0, 0.05) is 16.1 Å². The number of halogens is 1. The second-order valence-corrected chi connectivity index (χ2v) is 6.02. The van der Waals surface area contributed by atoms with Crippen molar-refractivity contribution in [3.8, 4) is 12.3 Å². The van der Waals surface area contributed by atoms with Crippen LogP contribution in [-0.4, -0.2) is 23.3 Å². The molecule has 0 aromatic heterocycles. The van der Waals surface area contributed by atoms with Gasteiger partial charge < -0.3 is 5.11 Å². The standard InChI is InChI=1S/C19H14ClNO3/c1-2-11-21-16-6-4-3-5-15(16)19(24,18(21)23)12-17(22)13-7-9-14(20)10-8-13/h1,3-10,24H,11-12H2/t19-/m0/s1. The highest BCUT2D eigenvalue weighted by atomic mass is 35.5. The Bertz CT molecular complexity index is 854. The van der Waals surface area contributed by atoms with Gasteiger partial charge in [0.05, 0.1) is 18.7 Å². The molecule has 5 heteroatoms. The first-order valence-electron chi connectivity index (χ1n) is 7.33. The Morgan fingerprint density at radius 3 is 2.54 bits per heavy atom. The normalized spacial score (nSPS) is 19.0. The van der Waals surface area contributed by atoms with E-state index < -0.39 is 11.5 Å². The molecule has 3 rings (SSSR count). The number of ketones is 1. The quantitative estimate of drug-likeness (QED) is 0.688. The summed E-state index contributed by atoms with van der Waals surface area (Å²) in [6, 6.07) is 13.1. The molecule has 120 valence electrons. The summed E-state index contributed by atoms with van der Waals surface area (Å²) in [4.78, 5) is 26.5. The third-order valence-electron chi connectivity index (χ3n) is 4.07. The third kappa shape index (κ3) is 2.58. The lowest BCUT2D eigenvalue weighted by molar-refractivity contribution is -0.135. The van der Waals surface area contributed by atoms with E-state index in [4.69, 9.17) is 18.0 Å². The SMILES string of the molecule is C#CCN1C(=O)[C@](O)(CC(=O)c2ccc(Cl)cc2)c2ccccc21. The number of carbonyl (C=O) groups excluding carboxylic acids is 2. The van der Waals surface area contributed by atoms with Crippen LogP contribution < -0.4 is 4.90 Å². The monoisotopic (exact) mass is 339 g/mol. The second-order valence-electron chi connectivity index (χ2n) is 5.58. The van der Waals surface area contributed by atoms with Crippen molar-refractivity contribution in [3.63, 3.8) is 0 Å². The van der Waals surface area contributed by atoms with Crippen LogP contribution in [0.4, 0.5) is 5.69 Å². The predicted molar refractivity (Wildman–Crippen MR) is 91.9 cm³/mol. The minimum absolute atomic E-state index is 0.0350. The number of hydrogen-bond acceptors (Lipinski definition) is 3. The van der Waals surface area contributed by atoms with Crippen LogP contribution in [-0.2, 0) is 10.4 Å². The molecule has 1 atom stereocenters. The molecule has 0 radical (unpaired) electrons. The summed E-state index contributed by atoms with van der Waals surface area (Å²) in [5.74, 6) is 1.48. The number of aliphatic hydroxyl groups is 1. The van der Waals surface area contributed by atoms with E-state index in [1.165, 1.54) is 4.90 Å². The van der Waals surface area contributed by atoms with Crippen LogP contribution in [0.15, 0.2) is 48.5 Å². The molecule has 2 aromatic rings. The van der Waals surface area contributed by atoms with Gasteiger partial charge in [-0.25, -0.2) is 0 Å². The molecule has 1 N–H and O–H groups in total. The van der Waals surface area contributed by atoms with E-state index in [1.54, 1.807) is 48.5 Å². The lowest BCUT2D eigenvalue weighted by Crippen LogP contribution is -2.42. The van der Waals surface area contributed by atoms with Crippen molar-refractivity contribution in [1.82, 2.24) is 0 Å². The molecule has 1 aliphatic heterocycles. The minimum Gasteiger partial charge on any atom is -0.375 e. The highest BCUT2D eigenvalue weighted by Crippen LogP contribution is 2.42. The van der Waals surface area contributed by atoms with Gasteiger partial charge in [-0.1, -0.05) is 35.7 Å². The number of Topliss-reactive ketones (excluding diaryl/α,β-unsaturated/α-hetero) is 1. The number of anilines is 1. The molecule has 4 nitrogen and oxygen atoms in total. The maximum absolute atomic E-state index is 12.7. The fraction of sp³-hybridized carbons (Fsp3) is 0.158. The summed E-state index contributed by atoms with van der Waals surface area (Å²) in [5, 5.41) is 11.5. The third-order valence-corrected chi connectivity index (χ3v) is 4.32. The van der Waals surface area contributed by atoms with Gasteiger partial charge in [0.15, 0.2) is 11.4 Å². The molecule has 1 amide bonds. The fourth-order valence-corrected chi connectivity index (χ4v) is 3.02. The van der Waals surface area contributed by atoms with E-state index in [9.17, 15) is 14.7 Å². The van der Waals surface area contributed by atoms with Gasteiger partial charge in [-0.3, -0.25) is 14.5 Å². The van der Waals surface area contributed by atoms with Gasteiger partial charge in [0.1, 0.15) is 0 Å². The van der Waals surface area contributed by atoms with E-state index in [1.807, 2.05) is 0 Å². The number of hydrogen-bond donors (Lipinski definition) is 1. The number of rotatable bonds is 4. The molecule has 24 heavy (non-hydrogen) atoms.